The fourth-order valence-electron chi connectivity index (χ4n) is 1.27. The predicted octanol–water partition coefficient (Wildman–Crippen LogP) is 3.59. The van der Waals surface area contributed by atoms with Crippen LogP contribution in [-0.4, -0.2) is 5.78 Å². The lowest BCUT2D eigenvalue weighted by atomic mass is 9.89. The molecule has 0 heterocycles. The predicted molar refractivity (Wildman–Crippen MR) is 57.7 cm³/mol. The molecule has 0 bridgehead atoms. The van der Waals surface area contributed by atoms with E-state index in [1.807, 2.05) is 13.0 Å². The highest BCUT2D eigenvalue weighted by Crippen LogP contribution is 2.16. The molecule has 0 N–H and O–H groups in total. The quantitative estimate of drug-likeness (QED) is 0.434. The second kappa shape index (κ2) is 6.88. The molecule has 0 radical (unpaired) electrons. The van der Waals surface area contributed by atoms with Crippen molar-refractivity contribution >= 4 is 5.78 Å². The fourth-order valence-corrected chi connectivity index (χ4v) is 1.27. The van der Waals surface area contributed by atoms with Gasteiger partial charge in [-0.2, -0.15) is 0 Å². The normalized spacial score (nSPS) is 15.0. The first-order chi connectivity index (χ1) is 6.13. The van der Waals surface area contributed by atoms with E-state index in [4.69, 9.17) is 0 Å². The first-order valence-electron chi connectivity index (χ1n) is 5.28. The average molecular weight is 182 g/mol. The molecule has 0 aromatic heterocycles. The molecule has 0 spiro atoms. The summed E-state index contributed by atoms with van der Waals surface area (Å²) in [4.78, 5) is 11.6. The molecule has 0 saturated carbocycles. The van der Waals surface area contributed by atoms with Crippen molar-refractivity contribution in [1.29, 1.82) is 0 Å². The number of rotatable bonds is 7. The highest BCUT2D eigenvalue weighted by Gasteiger charge is 2.16. The highest BCUT2D eigenvalue weighted by atomic mass is 16.1. The molecule has 0 amide bonds. The molecule has 0 unspecified atom stereocenters. The van der Waals surface area contributed by atoms with Crippen LogP contribution in [0.15, 0.2) is 12.7 Å². The second-order valence-electron chi connectivity index (χ2n) is 3.81. The second-order valence-corrected chi connectivity index (χ2v) is 3.81. The van der Waals surface area contributed by atoms with Crippen LogP contribution >= 0.6 is 0 Å². The van der Waals surface area contributed by atoms with Gasteiger partial charge in [0.05, 0.1) is 0 Å². The Hall–Kier alpha value is -0.590. The zero-order chi connectivity index (χ0) is 10.3. The maximum atomic E-state index is 11.6. The number of carbonyl (C=O) groups excluding carboxylic acids is 1. The van der Waals surface area contributed by atoms with Crippen LogP contribution in [0.5, 0.6) is 0 Å². The molecule has 0 aliphatic rings. The zero-order valence-electron chi connectivity index (χ0n) is 9.18. The molecule has 1 nitrogen and oxygen atoms in total. The summed E-state index contributed by atoms with van der Waals surface area (Å²) in [5.74, 6) is 0.851. The first kappa shape index (κ1) is 12.4. The van der Waals surface area contributed by atoms with E-state index in [1.165, 1.54) is 12.8 Å². The lowest BCUT2D eigenvalue weighted by Crippen LogP contribution is -2.17. The van der Waals surface area contributed by atoms with Crippen molar-refractivity contribution in [3.05, 3.63) is 12.7 Å². The Labute approximate surface area is 82.2 Å². The molecule has 0 aromatic rings. The third-order valence-electron chi connectivity index (χ3n) is 2.70. The fraction of sp³-hybridized carbons (Fsp3) is 0.750. The minimum absolute atomic E-state index is 0.148. The van der Waals surface area contributed by atoms with Crippen molar-refractivity contribution in [2.45, 2.75) is 46.5 Å². The van der Waals surface area contributed by atoms with Crippen LogP contribution in [0.1, 0.15) is 46.5 Å². The van der Waals surface area contributed by atoms with Crippen molar-refractivity contribution in [1.82, 2.24) is 0 Å². The van der Waals surface area contributed by atoms with Crippen LogP contribution in [-0.2, 0) is 4.79 Å². The van der Waals surface area contributed by atoms with Crippen LogP contribution in [0.25, 0.3) is 0 Å². The lowest BCUT2D eigenvalue weighted by Gasteiger charge is -2.14. The van der Waals surface area contributed by atoms with Crippen LogP contribution in [0.4, 0.5) is 0 Å². The van der Waals surface area contributed by atoms with Gasteiger partial charge in [0.1, 0.15) is 5.78 Å². The number of Topliss-reactive ketones (excluding diaryl/α,β-unsaturated/α-hetero) is 1. The van der Waals surface area contributed by atoms with E-state index in [1.54, 1.807) is 0 Å². The van der Waals surface area contributed by atoms with Gasteiger partial charge < -0.3 is 0 Å². The summed E-state index contributed by atoms with van der Waals surface area (Å²) in [6.45, 7) is 9.91. The Balaban J connectivity index is 3.75. The first-order valence-corrected chi connectivity index (χ1v) is 5.28. The van der Waals surface area contributed by atoms with Gasteiger partial charge in [0, 0.05) is 12.3 Å². The molecule has 0 fully saturated rings. The number of carbonyl (C=O) groups is 1. The molecular weight excluding hydrogens is 160 g/mol. The monoisotopic (exact) mass is 182 g/mol. The number of hydrogen-bond acceptors (Lipinski definition) is 1. The largest absolute Gasteiger partial charge is 0.299 e. The average Bonchev–Trinajstić information content (AvgIpc) is 2.15. The van der Waals surface area contributed by atoms with Gasteiger partial charge in [0.25, 0.3) is 0 Å². The summed E-state index contributed by atoms with van der Waals surface area (Å²) in [7, 11) is 0. The molecule has 13 heavy (non-hydrogen) atoms. The van der Waals surface area contributed by atoms with Gasteiger partial charge in [-0.1, -0.05) is 39.7 Å². The smallest absolute Gasteiger partial charge is 0.136 e. The van der Waals surface area contributed by atoms with Crippen molar-refractivity contribution in [2.75, 3.05) is 0 Å². The van der Waals surface area contributed by atoms with Crippen LogP contribution in [0.2, 0.25) is 0 Å². The van der Waals surface area contributed by atoms with Crippen molar-refractivity contribution in [3.63, 3.8) is 0 Å². The highest BCUT2D eigenvalue weighted by molar-refractivity contribution is 5.81. The number of allylic oxidation sites excluding steroid dienone is 1. The van der Waals surface area contributed by atoms with Gasteiger partial charge in [-0.05, 0) is 12.3 Å². The molecule has 0 saturated heterocycles. The minimum Gasteiger partial charge on any atom is -0.299 e. The molecule has 0 rings (SSSR count). The number of hydrogen-bond donors (Lipinski definition) is 0. The minimum atomic E-state index is 0.148. The van der Waals surface area contributed by atoms with E-state index >= 15 is 0 Å². The number of ketones is 1. The topological polar surface area (TPSA) is 17.1 Å². The molecular formula is C12H22O. The Morgan fingerprint density at radius 2 is 2.00 bits per heavy atom. The SMILES string of the molecule is C=C[C@H](C)[C@H](C)C(=O)CCCCC. The van der Waals surface area contributed by atoms with E-state index < -0.39 is 0 Å². The standard InChI is InChI=1S/C12H22O/c1-5-7-8-9-12(13)11(4)10(3)6-2/h6,10-11H,2,5,7-9H2,1,3-4H3/t10-,11-/m0/s1. The summed E-state index contributed by atoms with van der Waals surface area (Å²) in [6.07, 6.45) is 6.00. The summed E-state index contributed by atoms with van der Waals surface area (Å²) < 4.78 is 0. The zero-order valence-corrected chi connectivity index (χ0v) is 9.18. The summed E-state index contributed by atoms with van der Waals surface area (Å²) in [6, 6.07) is 0. The third kappa shape index (κ3) is 4.87. The van der Waals surface area contributed by atoms with Gasteiger partial charge in [-0.3, -0.25) is 4.79 Å². The van der Waals surface area contributed by atoms with Gasteiger partial charge >= 0.3 is 0 Å². The van der Waals surface area contributed by atoms with Crippen molar-refractivity contribution in [3.8, 4) is 0 Å². The molecule has 1 heteroatoms. The Kier molecular flexibility index (Phi) is 6.56. The third-order valence-corrected chi connectivity index (χ3v) is 2.70. The van der Waals surface area contributed by atoms with Gasteiger partial charge in [-0.25, -0.2) is 0 Å². The molecule has 76 valence electrons. The molecule has 0 aliphatic heterocycles. The van der Waals surface area contributed by atoms with E-state index in [0.29, 0.717) is 11.7 Å². The van der Waals surface area contributed by atoms with Crippen LogP contribution in [0, 0.1) is 11.8 Å². The van der Waals surface area contributed by atoms with E-state index in [9.17, 15) is 4.79 Å². The maximum absolute atomic E-state index is 11.6. The van der Waals surface area contributed by atoms with Gasteiger partial charge in [-0.15, -0.1) is 6.58 Å². The van der Waals surface area contributed by atoms with Crippen LogP contribution < -0.4 is 0 Å². The van der Waals surface area contributed by atoms with E-state index in [2.05, 4.69) is 20.4 Å². The van der Waals surface area contributed by atoms with Crippen LogP contribution in [0.3, 0.4) is 0 Å². The Bertz CT molecular complexity index is 161. The number of unbranched alkanes of at least 4 members (excludes halogenated alkanes) is 2. The molecule has 0 aromatic carbocycles. The lowest BCUT2D eigenvalue weighted by molar-refractivity contribution is -0.123. The maximum Gasteiger partial charge on any atom is 0.136 e. The summed E-state index contributed by atoms with van der Waals surface area (Å²) in [5.41, 5.74) is 0. The molecule has 0 aliphatic carbocycles. The summed E-state index contributed by atoms with van der Waals surface area (Å²) in [5, 5.41) is 0. The van der Waals surface area contributed by atoms with Gasteiger partial charge in [0.2, 0.25) is 0 Å². The van der Waals surface area contributed by atoms with E-state index in [-0.39, 0.29) is 5.92 Å². The van der Waals surface area contributed by atoms with Crippen molar-refractivity contribution < 1.29 is 4.79 Å². The van der Waals surface area contributed by atoms with E-state index in [0.717, 1.165) is 12.8 Å². The Morgan fingerprint density at radius 3 is 2.46 bits per heavy atom. The van der Waals surface area contributed by atoms with Gasteiger partial charge in [0.15, 0.2) is 0 Å². The Morgan fingerprint density at radius 1 is 1.38 bits per heavy atom. The summed E-state index contributed by atoms with van der Waals surface area (Å²) >= 11 is 0. The molecule has 2 atom stereocenters. The van der Waals surface area contributed by atoms with Crippen molar-refractivity contribution in [2.24, 2.45) is 11.8 Å².